The van der Waals surface area contributed by atoms with Gasteiger partial charge in [-0.25, -0.2) is 0 Å². The van der Waals surface area contributed by atoms with Gasteiger partial charge in [0.2, 0.25) is 11.8 Å². The van der Waals surface area contributed by atoms with Crippen LogP contribution >= 0.6 is 11.8 Å². The zero-order valence-corrected chi connectivity index (χ0v) is 16.3. The van der Waals surface area contributed by atoms with E-state index in [2.05, 4.69) is 15.1 Å². The molecule has 2 aliphatic rings. The van der Waals surface area contributed by atoms with Crippen LogP contribution in [0.5, 0.6) is 0 Å². The van der Waals surface area contributed by atoms with Crippen molar-refractivity contribution in [1.82, 2.24) is 14.7 Å². The van der Waals surface area contributed by atoms with Crippen molar-refractivity contribution < 1.29 is 9.59 Å². The Labute approximate surface area is 159 Å². The van der Waals surface area contributed by atoms with Gasteiger partial charge < -0.3 is 10.2 Å². The molecule has 1 aromatic carbocycles. The number of nitrogens with zero attached hydrogens (tertiary/aromatic N) is 3. The molecule has 2 fully saturated rings. The van der Waals surface area contributed by atoms with Gasteiger partial charge in [-0.2, -0.15) is 0 Å². The van der Waals surface area contributed by atoms with Gasteiger partial charge in [0.05, 0.1) is 18.8 Å². The monoisotopic (exact) mass is 376 g/mol. The lowest BCUT2D eigenvalue weighted by molar-refractivity contribution is -0.132. The molecule has 0 bridgehead atoms. The number of hydrogen-bond donors (Lipinski definition) is 1. The van der Waals surface area contributed by atoms with Crippen LogP contribution in [0.15, 0.2) is 29.2 Å². The molecule has 2 saturated heterocycles. The summed E-state index contributed by atoms with van der Waals surface area (Å²) in [6.07, 6.45) is 4.27. The quantitative estimate of drug-likeness (QED) is 0.764. The Morgan fingerprint density at radius 2 is 1.58 bits per heavy atom. The molecule has 0 radical (unpaired) electrons. The molecule has 2 amide bonds. The number of para-hydroxylation sites is 1. The number of carbonyl (C=O) groups is 2. The van der Waals surface area contributed by atoms with E-state index in [1.165, 1.54) is 0 Å². The molecule has 0 spiro atoms. The number of amides is 2. The number of anilines is 1. The molecule has 1 N–H and O–H groups in total. The molecule has 26 heavy (non-hydrogen) atoms. The summed E-state index contributed by atoms with van der Waals surface area (Å²) in [5.41, 5.74) is 0.875. The van der Waals surface area contributed by atoms with Crippen LogP contribution in [0.3, 0.4) is 0 Å². The van der Waals surface area contributed by atoms with E-state index in [0.717, 1.165) is 62.7 Å². The lowest BCUT2D eigenvalue weighted by Crippen LogP contribution is -2.51. The zero-order valence-electron chi connectivity index (χ0n) is 15.4. The van der Waals surface area contributed by atoms with Crippen molar-refractivity contribution in [2.45, 2.75) is 17.7 Å². The van der Waals surface area contributed by atoms with Gasteiger partial charge in [0.15, 0.2) is 0 Å². The van der Waals surface area contributed by atoms with E-state index in [4.69, 9.17) is 0 Å². The van der Waals surface area contributed by atoms with Gasteiger partial charge in [-0.3, -0.25) is 19.4 Å². The first-order valence-electron chi connectivity index (χ1n) is 9.31. The molecule has 0 saturated carbocycles. The summed E-state index contributed by atoms with van der Waals surface area (Å²) in [5.74, 6) is 0.274. The van der Waals surface area contributed by atoms with E-state index in [0.29, 0.717) is 13.1 Å². The second-order valence-electron chi connectivity index (χ2n) is 6.89. The Morgan fingerprint density at radius 3 is 2.23 bits per heavy atom. The normalized spacial score (nSPS) is 18.9. The van der Waals surface area contributed by atoms with Crippen molar-refractivity contribution >= 4 is 29.3 Å². The highest BCUT2D eigenvalue weighted by Crippen LogP contribution is 2.24. The highest BCUT2D eigenvalue weighted by molar-refractivity contribution is 7.98. The second-order valence-corrected chi connectivity index (χ2v) is 7.74. The van der Waals surface area contributed by atoms with Crippen LogP contribution in [0, 0.1) is 0 Å². The lowest BCUT2D eigenvalue weighted by Gasteiger charge is -2.34. The van der Waals surface area contributed by atoms with Crippen LogP contribution in [-0.2, 0) is 9.59 Å². The number of rotatable bonds is 6. The summed E-state index contributed by atoms with van der Waals surface area (Å²) in [6, 6.07) is 7.86. The summed E-state index contributed by atoms with van der Waals surface area (Å²) >= 11 is 1.63. The molecular weight excluding hydrogens is 348 g/mol. The highest BCUT2D eigenvalue weighted by atomic mass is 32.2. The van der Waals surface area contributed by atoms with Crippen molar-refractivity contribution in [2.75, 3.05) is 63.9 Å². The van der Waals surface area contributed by atoms with Crippen LogP contribution in [0.25, 0.3) is 0 Å². The van der Waals surface area contributed by atoms with Crippen LogP contribution in [0.1, 0.15) is 12.8 Å². The topological polar surface area (TPSA) is 55.9 Å². The summed E-state index contributed by atoms with van der Waals surface area (Å²) in [6.45, 7) is 6.07. The van der Waals surface area contributed by atoms with Gasteiger partial charge in [-0.15, -0.1) is 11.8 Å². The number of benzene rings is 1. The number of hydrogen-bond acceptors (Lipinski definition) is 5. The van der Waals surface area contributed by atoms with E-state index in [-0.39, 0.29) is 11.8 Å². The third-order valence-electron chi connectivity index (χ3n) is 5.03. The second kappa shape index (κ2) is 9.39. The minimum Gasteiger partial charge on any atom is -0.342 e. The first-order chi connectivity index (χ1) is 12.7. The number of carbonyl (C=O) groups excluding carboxylic acids is 2. The van der Waals surface area contributed by atoms with Crippen LogP contribution < -0.4 is 5.32 Å². The third-order valence-corrected chi connectivity index (χ3v) is 5.83. The fourth-order valence-corrected chi connectivity index (χ4v) is 4.06. The summed E-state index contributed by atoms with van der Waals surface area (Å²) in [5, 5.41) is 3.01. The van der Waals surface area contributed by atoms with Crippen LogP contribution in [-0.4, -0.2) is 85.1 Å². The highest BCUT2D eigenvalue weighted by Gasteiger charge is 2.24. The van der Waals surface area contributed by atoms with E-state index in [1.54, 1.807) is 11.8 Å². The van der Waals surface area contributed by atoms with E-state index in [1.807, 2.05) is 35.4 Å². The van der Waals surface area contributed by atoms with Gasteiger partial charge in [0, 0.05) is 44.2 Å². The molecule has 0 atom stereocenters. The SMILES string of the molecule is CSc1ccccc1NC(=O)CN1CCN(CC(=O)N2CCCC2)CC1. The average Bonchev–Trinajstić information content (AvgIpc) is 3.18. The molecule has 7 heteroatoms. The van der Waals surface area contributed by atoms with E-state index >= 15 is 0 Å². The van der Waals surface area contributed by atoms with Crippen molar-refractivity contribution in [3.8, 4) is 0 Å². The van der Waals surface area contributed by atoms with Crippen molar-refractivity contribution in [3.05, 3.63) is 24.3 Å². The summed E-state index contributed by atoms with van der Waals surface area (Å²) in [7, 11) is 0. The Hall–Kier alpha value is -1.57. The third kappa shape index (κ3) is 5.22. The van der Waals surface area contributed by atoms with E-state index < -0.39 is 0 Å². The molecule has 0 aromatic heterocycles. The molecule has 2 heterocycles. The maximum absolute atomic E-state index is 12.3. The standard InChI is InChI=1S/C19H28N4O2S/c1-26-17-7-3-2-6-16(17)20-18(24)14-21-10-12-22(13-11-21)15-19(25)23-8-4-5-9-23/h2-3,6-7H,4-5,8-15H2,1H3,(H,20,24). The molecule has 3 rings (SSSR count). The minimum absolute atomic E-state index is 0.0214. The van der Waals surface area contributed by atoms with Gasteiger partial charge >= 0.3 is 0 Å². The minimum atomic E-state index is 0.0214. The van der Waals surface area contributed by atoms with Crippen molar-refractivity contribution in [1.29, 1.82) is 0 Å². The molecular formula is C19H28N4O2S. The van der Waals surface area contributed by atoms with Gasteiger partial charge in [-0.1, -0.05) is 12.1 Å². The molecule has 0 aliphatic carbocycles. The molecule has 2 aliphatic heterocycles. The van der Waals surface area contributed by atoms with Crippen LogP contribution in [0.4, 0.5) is 5.69 Å². The van der Waals surface area contributed by atoms with E-state index in [9.17, 15) is 9.59 Å². The number of thioether (sulfide) groups is 1. The number of nitrogens with one attached hydrogen (secondary N) is 1. The largest absolute Gasteiger partial charge is 0.342 e. The Bertz CT molecular complexity index is 626. The van der Waals surface area contributed by atoms with Crippen molar-refractivity contribution in [2.24, 2.45) is 0 Å². The fraction of sp³-hybridized carbons (Fsp3) is 0.579. The van der Waals surface area contributed by atoms with Crippen LogP contribution in [0.2, 0.25) is 0 Å². The summed E-state index contributed by atoms with van der Waals surface area (Å²) < 4.78 is 0. The lowest BCUT2D eigenvalue weighted by atomic mass is 10.3. The molecule has 0 unspecified atom stereocenters. The van der Waals surface area contributed by atoms with Gasteiger partial charge in [-0.05, 0) is 31.2 Å². The predicted molar refractivity (Wildman–Crippen MR) is 106 cm³/mol. The first kappa shape index (κ1) is 19.2. The maximum Gasteiger partial charge on any atom is 0.238 e. The van der Waals surface area contributed by atoms with Gasteiger partial charge in [0.25, 0.3) is 0 Å². The fourth-order valence-electron chi connectivity index (χ4n) is 3.50. The first-order valence-corrected chi connectivity index (χ1v) is 10.5. The number of likely N-dealkylation sites (tertiary alicyclic amines) is 1. The maximum atomic E-state index is 12.3. The average molecular weight is 377 g/mol. The molecule has 1 aromatic rings. The Kier molecular flexibility index (Phi) is 6.93. The Balaban J connectivity index is 1.40. The van der Waals surface area contributed by atoms with Crippen molar-refractivity contribution in [3.63, 3.8) is 0 Å². The summed E-state index contributed by atoms with van der Waals surface area (Å²) in [4.78, 5) is 32.0. The number of piperazine rings is 1. The van der Waals surface area contributed by atoms with Gasteiger partial charge in [0.1, 0.15) is 0 Å². The smallest absolute Gasteiger partial charge is 0.238 e. The Morgan fingerprint density at radius 1 is 0.962 bits per heavy atom. The zero-order chi connectivity index (χ0) is 18.4. The molecule has 142 valence electrons. The predicted octanol–water partition coefficient (Wildman–Crippen LogP) is 1.59. The molecule has 6 nitrogen and oxygen atoms in total.